The Morgan fingerprint density at radius 3 is 2.75 bits per heavy atom. The second-order valence-corrected chi connectivity index (χ2v) is 7.31. The largest absolute Gasteiger partial charge is 0.459 e. The van der Waals surface area contributed by atoms with E-state index in [0.717, 1.165) is 23.0 Å². The smallest absolute Gasteiger partial charge is 0.208 e. The summed E-state index contributed by atoms with van der Waals surface area (Å²) in [5, 5.41) is 7.45. The third-order valence-electron chi connectivity index (χ3n) is 3.31. The molecule has 0 saturated heterocycles. The minimum Gasteiger partial charge on any atom is -0.459 e. The van der Waals surface area contributed by atoms with E-state index in [0.29, 0.717) is 19.0 Å². The van der Waals surface area contributed by atoms with Gasteiger partial charge in [-0.05, 0) is 26.0 Å². The van der Waals surface area contributed by atoms with E-state index in [1.54, 1.807) is 0 Å². The van der Waals surface area contributed by atoms with Crippen molar-refractivity contribution >= 4 is 27.0 Å². The third-order valence-corrected chi connectivity index (χ3v) is 4.04. The fourth-order valence-electron chi connectivity index (χ4n) is 2.21. The Morgan fingerprint density at radius 1 is 1.33 bits per heavy atom. The van der Waals surface area contributed by atoms with Gasteiger partial charge in [0, 0.05) is 18.5 Å². The third kappa shape index (κ3) is 5.54. The van der Waals surface area contributed by atoms with E-state index in [1.807, 2.05) is 44.2 Å². The molecule has 0 saturated carbocycles. The first kappa shape index (κ1) is 18.3. The zero-order valence-corrected chi connectivity index (χ0v) is 15.0. The zero-order valence-electron chi connectivity index (χ0n) is 14.2. The molecule has 1 unspecified atom stereocenters. The summed E-state index contributed by atoms with van der Waals surface area (Å²) >= 11 is 0. The van der Waals surface area contributed by atoms with E-state index in [-0.39, 0.29) is 12.6 Å². The van der Waals surface area contributed by atoms with Crippen molar-refractivity contribution in [1.82, 2.24) is 15.4 Å². The maximum absolute atomic E-state index is 11.0. The highest BCUT2D eigenvalue weighted by Gasteiger charge is 2.12. The van der Waals surface area contributed by atoms with Crippen molar-refractivity contribution < 1.29 is 12.8 Å². The molecule has 3 N–H and O–H groups in total. The fraction of sp³-hybridized carbons (Fsp3) is 0.438. The highest BCUT2D eigenvalue weighted by molar-refractivity contribution is 7.88. The lowest BCUT2D eigenvalue weighted by Crippen LogP contribution is -2.39. The quantitative estimate of drug-likeness (QED) is 0.400. The van der Waals surface area contributed by atoms with E-state index in [9.17, 15) is 8.42 Å². The van der Waals surface area contributed by atoms with Gasteiger partial charge in [-0.1, -0.05) is 18.2 Å². The van der Waals surface area contributed by atoms with Crippen LogP contribution in [0.4, 0.5) is 0 Å². The van der Waals surface area contributed by atoms with Gasteiger partial charge in [-0.25, -0.2) is 13.1 Å². The average molecular weight is 352 g/mol. The first-order valence-corrected chi connectivity index (χ1v) is 9.76. The first-order chi connectivity index (χ1) is 11.4. The molecule has 1 atom stereocenters. The van der Waals surface area contributed by atoms with Gasteiger partial charge in [-0.3, -0.25) is 4.99 Å². The number of fused-ring (bicyclic) bond motifs is 1. The van der Waals surface area contributed by atoms with Crippen molar-refractivity contribution in [2.24, 2.45) is 4.99 Å². The van der Waals surface area contributed by atoms with E-state index in [2.05, 4.69) is 20.3 Å². The number of sulfonamides is 1. The van der Waals surface area contributed by atoms with E-state index in [4.69, 9.17) is 4.42 Å². The standard InChI is InChI=1S/C16H24N4O3S/c1-4-17-16(18-9-10-19-24(3,21)22)20-12(2)15-11-13-7-5-6-8-14(13)23-15/h5-8,11-12,19H,4,9-10H2,1-3H3,(H2,17,18,20). The highest BCUT2D eigenvalue weighted by atomic mass is 32.2. The summed E-state index contributed by atoms with van der Waals surface area (Å²) in [6.07, 6.45) is 1.13. The molecule has 0 aliphatic heterocycles. The lowest BCUT2D eigenvalue weighted by atomic mass is 10.2. The molecule has 132 valence electrons. The van der Waals surface area contributed by atoms with Crippen molar-refractivity contribution in [1.29, 1.82) is 0 Å². The van der Waals surface area contributed by atoms with E-state index in [1.165, 1.54) is 0 Å². The molecular formula is C16H24N4O3S. The van der Waals surface area contributed by atoms with Crippen LogP contribution in [0.3, 0.4) is 0 Å². The van der Waals surface area contributed by atoms with Gasteiger partial charge in [0.05, 0.1) is 18.8 Å². The molecule has 0 radical (unpaired) electrons. The molecule has 0 bridgehead atoms. The Morgan fingerprint density at radius 2 is 2.08 bits per heavy atom. The van der Waals surface area contributed by atoms with Crippen molar-refractivity contribution in [3.05, 3.63) is 36.1 Å². The number of para-hydroxylation sites is 1. The summed E-state index contributed by atoms with van der Waals surface area (Å²) < 4.78 is 30.3. The number of furan rings is 1. The van der Waals surface area contributed by atoms with Crippen LogP contribution in [0, 0.1) is 0 Å². The number of hydrogen-bond donors (Lipinski definition) is 3. The van der Waals surface area contributed by atoms with Gasteiger partial charge in [0.2, 0.25) is 10.0 Å². The number of hydrogen-bond acceptors (Lipinski definition) is 4. The fourth-order valence-corrected chi connectivity index (χ4v) is 2.67. The van der Waals surface area contributed by atoms with Crippen molar-refractivity contribution in [2.45, 2.75) is 19.9 Å². The summed E-state index contributed by atoms with van der Waals surface area (Å²) in [4.78, 5) is 4.36. The molecule has 2 rings (SSSR count). The lowest BCUT2D eigenvalue weighted by molar-refractivity contribution is 0.488. The Hall–Kier alpha value is -2.06. The number of rotatable bonds is 7. The van der Waals surface area contributed by atoms with Crippen LogP contribution in [0.25, 0.3) is 11.0 Å². The maximum Gasteiger partial charge on any atom is 0.208 e. The second-order valence-electron chi connectivity index (χ2n) is 5.48. The van der Waals surface area contributed by atoms with Gasteiger partial charge in [0.15, 0.2) is 5.96 Å². The van der Waals surface area contributed by atoms with Crippen molar-refractivity contribution in [3.63, 3.8) is 0 Å². The molecule has 8 heteroatoms. The SMILES string of the molecule is CCNC(=NCCNS(C)(=O)=O)NC(C)c1cc2ccccc2o1. The second kappa shape index (κ2) is 8.16. The minimum atomic E-state index is -3.19. The number of nitrogens with one attached hydrogen (secondary N) is 3. The molecule has 1 heterocycles. The lowest BCUT2D eigenvalue weighted by Gasteiger charge is -2.16. The van der Waals surface area contributed by atoms with Gasteiger partial charge >= 0.3 is 0 Å². The van der Waals surface area contributed by atoms with Crippen LogP contribution in [0.5, 0.6) is 0 Å². The zero-order chi connectivity index (χ0) is 17.6. The van der Waals surface area contributed by atoms with Gasteiger partial charge in [-0.15, -0.1) is 0 Å². The van der Waals surface area contributed by atoms with Gasteiger partial charge < -0.3 is 15.1 Å². The molecule has 2 aromatic rings. The molecule has 7 nitrogen and oxygen atoms in total. The topological polar surface area (TPSA) is 95.7 Å². The predicted molar refractivity (Wildman–Crippen MR) is 96.6 cm³/mol. The number of benzene rings is 1. The van der Waals surface area contributed by atoms with Gasteiger partial charge in [-0.2, -0.15) is 0 Å². The van der Waals surface area contributed by atoms with Crippen LogP contribution in [0.2, 0.25) is 0 Å². The molecule has 1 aromatic carbocycles. The first-order valence-electron chi connectivity index (χ1n) is 7.87. The predicted octanol–water partition coefficient (Wildman–Crippen LogP) is 1.60. The highest BCUT2D eigenvalue weighted by Crippen LogP contribution is 2.23. The molecule has 0 spiro atoms. The average Bonchev–Trinajstić information content (AvgIpc) is 2.95. The summed E-state index contributed by atoms with van der Waals surface area (Å²) in [5.74, 6) is 1.43. The normalized spacial score (nSPS) is 13.9. The summed E-state index contributed by atoms with van der Waals surface area (Å²) in [6.45, 7) is 5.26. The van der Waals surface area contributed by atoms with Crippen LogP contribution in [-0.2, 0) is 10.0 Å². The summed E-state index contributed by atoms with van der Waals surface area (Å²) in [6, 6.07) is 9.78. The van der Waals surface area contributed by atoms with E-state index >= 15 is 0 Å². The molecule has 1 aromatic heterocycles. The number of guanidine groups is 1. The van der Waals surface area contributed by atoms with Crippen LogP contribution >= 0.6 is 0 Å². The molecule has 0 amide bonds. The van der Waals surface area contributed by atoms with Crippen molar-refractivity contribution in [3.8, 4) is 0 Å². The van der Waals surface area contributed by atoms with Crippen LogP contribution in [0.15, 0.2) is 39.7 Å². The summed E-state index contributed by atoms with van der Waals surface area (Å²) in [5.41, 5.74) is 0.848. The monoisotopic (exact) mass is 352 g/mol. The Labute approximate surface area is 142 Å². The molecule has 0 aliphatic rings. The minimum absolute atomic E-state index is 0.0712. The number of nitrogens with zero attached hydrogens (tertiary/aromatic N) is 1. The van der Waals surface area contributed by atoms with Gasteiger partial charge in [0.25, 0.3) is 0 Å². The number of aliphatic imine (C=N–C) groups is 1. The van der Waals surface area contributed by atoms with Crippen LogP contribution < -0.4 is 15.4 Å². The van der Waals surface area contributed by atoms with Crippen molar-refractivity contribution in [2.75, 3.05) is 25.9 Å². The van der Waals surface area contributed by atoms with Gasteiger partial charge in [0.1, 0.15) is 11.3 Å². The summed E-state index contributed by atoms with van der Waals surface area (Å²) in [7, 11) is -3.19. The van der Waals surface area contributed by atoms with E-state index < -0.39 is 10.0 Å². The maximum atomic E-state index is 11.0. The Balaban J connectivity index is 2.00. The molecule has 24 heavy (non-hydrogen) atoms. The molecule has 0 fully saturated rings. The molecular weight excluding hydrogens is 328 g/mol. The van der Waals surface area contributed by atoms with Crippen LogP contribution in [-0.4, -0.2) is 40.3 Å². The van der Waals surface area contributed by atoms with Crippen LogP contribution in [0.1, 0.15) is 25.6 Å². The Bertz CT molecular complexity index is 766. The molecule has 0 aliphatic carbocycles. The Kier molecular flexibility index (Phi) is 6.22.